The zero-order chi connectivity index (χ0) is 19.6. The summed E-state index contributed by atoms with van der Waals surface area (Å²) in [6.07, 6.45) is 10.4. The molecule has 0 atom stereocenters. The maximum atomic E-state index is 9.62. The molecule has 0 bridgehead atoms. The summed E-state index contributed by atoms with van der Waals surface area (Å²) >= 11 is 0. The lowest BCUT2D eigenvalue weighted by atomic mass is 9.97. The lowest BCUT2D eigenvalue weighted by molar-refractivity contribution is 0.0792. The van der Waals surface area contributed by atoms with Crippen molar-refractivity contribution in [2.45, 2.75) is 64.1 Å². The number of allylic oxidation sites excluding steroid dienone is 1. The predicted molar refractivity (Wildman–Crippen MR) is 116 cm³/mol. The van der Waals surface area contributed by atoms with Crippen molar-refractivity contribution in [2.75, 3.05) is 26.7 Å². The molecule has 3 rings (SSSR count). The standard InChI is InChI=1S/C23H36N4O/c1-24-23(25-14-11-19-5-3-2-4-6-19)26-17-20-7-9-21(10-8-20)18-27-15-12-22(28)13-16-27/h5,7-10,22,28H,2-4,6,11-18H2,1H3,(H2,24,25,26). The molecule has 3 N–H and O–H groups in total. The van der Waals surface area contributed by atoms with Gasteiger partial charge in [-0.05, 0) is 56.1 Å². The molecule has 5 nitrogen and oxygen atoms in total. The molecule has 1 heterocycles. The van der Waals surface area contributed by atoms with Crippen LogP contribution in [0.2, 0.25) is 0 Å². The lowest BCUT2D eigenvalue weighted by Gasteiger charge is -2.29. The molecular weight excluding hydrogens is 348 g/mol. The summed E-state index contributed by atoms with van der Waals surface area (Å²) in [5, 5.41) is 16.5. The first kappa shape index (κ1) is 20.9. The third kappa shape index (κ3) is 6.95. The van der Waals surface area contributed by atoms with E-state index in [9.17, 15) is 5.11 Å². The van der Waals surface area contributed by atoms with Crippen molar-refractivity contribution in [3.63, 3.8) is 0 Å². The molecule has 1 aliphatic heterocycles. The Balaban J connectivity index is 1.37. The fraction of sp³-hybridized carbons (Fsp3) is 0.609. The zero-order valence-corrected chi connectivity index (χ0v) is 17.3. The van der Waals surface area contributed by atoms with Crippen LogP contribution < -0.4 is 10.6 Å². The van der Waals surface area contributed by atoms with Crippen LogP contribution in [0.4, 0.5) is 0 Å². The van der Waals surface area contributed by atoms with Crippen molar-refractivity contribution < 1.29 is 5.11 Å². The van der Waals surface area contributed by atoms with Crippen LogP contribution in [-0.4, -0.2) is 48.8 Å². The number of aliphatic hydroxyl groups is 1. The van der Waals surface area contributed by atoms with Gasteiger partial charge in [0.25, 0.3) is 0 Å². The average molecular weight is 385 g/mol. The van der Waals surface area contributed by atoms with Crippen molar-refractivity contribution in [1.29, 1.82) is 0 Å². The molecule has 2 aliphatic rings. The molecule has 0 unspecified atom stereocenters. The minimum atomic E-state index is -0.105. The molecule has 0 amide bonds. The molecule has 154 valence electrons. The van der Waals surface area contributed by atoms with Gasteiger partial charge in [-0.15, -0.1) is 0 Å². The van der Waals surface area contributed by atoms with Gasteiger partial charge >= 0.3 is 0 Å². The van der Waals surface area contributed by atoms with Crippen LogP contribution in [0.15, 0.2) is 40.9 Å². The van der Waals surface area contributed by atoms with E-state index in [2.05, 4.69) is 50.9 Å². The maximum Gasteiger partial charge on any atom is 0.191 e. The fourth-order valence-electron chi connectivity index (χ4n) is 3.98. The minimum absolute atomic E-state index is 0.105. The van der Waals surface area contributed by atoms with Gasteiger partial charge in [0.1, 0.15) is 0 Å². The summed E-state index contributed by atoms with van der Waals surface area (Å²) in [6, 6.07) is 8.82. The Bertz CT molecular complexity index is 645. The van der Waals surface area contributed by atoms with Crippen LogP contribution in [-0.2, 0) is 13.1 Å². The van der Waals surface area contributed by atoms with E-state index in [1.165, 1.54) is 36.8 Å². The SMILES string of the molecule is CN=C(NCCC1=CCCCC1)NCc1ccc(CN2CCC(O)CC2)cc1. The van der Waals surface area contributed by atoms with Gasteiger partial charge < -0.3 is 15.7 Å². The molecule has 0 spiro atoms. The summed E-state index contributed by atoms with van der Waals surface area (Å²) in [5.41, 5.74) is 4.19. The molecule has 1 aromatic rings. The number of guanidine groups is 1. The Hall–Kier alpha value is -1.85. The highest BCUT2D eigenvalue weighted by Crippen LogP contribution is 2.19. The highest BCUT2D eigenvalue weighted by atomic mass is 16.3. The summed E-state index contributed by atoms with van der Waals surface area (Å²) in [5.74, 6) is 0.868. The van der Waals surface area contributed by atoms with Gasteiger partial charge in [-0.1, -0.05) is 35.9 Å². The Morgan fingerprint density at radius 3 is 2.54 bits per heavy atom. The molecule has 1 aromatic carbocycles. The Morgan fingerprint density at radius 2 is 1.86 bits per heavy atom. The van der Waals surface area contributed by atoms with Crippen LogP contribution in [0.1, 0.15) is 56.1 Å². The van der Waals surface area contributed by atoms with Gasteiger partial charge in [0, 0.05) is 39.8 Å². The molecule has 1 fully saturated rings. The number of nitrogens with zero attached hydrogens (tertiary/aromatic N) is 2. The van der Waals surface area contributed by atoms with Gasteiger partial charge in [0.05, 0.1) is 6.10 Å². The molecule has 1 saturated heterocycles. The molecule has 1 aliphatic carbocycles. The second-order valence-corrected chi connectivity index (χ2v) is 8.03. The second kappa shape index (κ2) is 11.2. The molecule has 0 radical (unpaired) electrons. The summed E-state index contributed by atoms with van der Waals surface area (Å²) < 4.78 is 0. The number of likely N-dealkylation sites (tertiary alicyclic amines) is 1. The van der Waals surface area contributed by atoms with Crippen LogP contribution in [0.3, 0.4) is 0 Å². The molecular formula is C23H36N4O. The maximum absolute atomic E-state index is 9.62. The molecule has 0 aromatic heterocycles. The Labute approximate surface area is 169 Å². The first-order chi connectivity index (χ1) is 13.7. The number of hydrogen-bond donors (Lipinski definition) is 3. The quantitative estimate of drug-likeness (QED) is 0.384. The van der Waals surface area contributed by atoms with Crippen LogP contribution in [0.25, 0.3) is 0 Å². The van der Waals surface area contributed by atoms with Gasteiger partial charge in [-0.2, -0.15) is 0 Å². The number of nitrogens with one attached hydrogen (secondary N) is 2. The first-order valence-electron chi connectivity index (χ1n) is 10.8. The minimum Gasteiger partial charge on any atom is -0.393 e. The van der Waals surface area contributed by atoms with E-state index < -0.39 is 0 Å². The van der Waals surface area contributed by atoms with Gasteiger partial charge in [-0.3, -0.25) is 9.89 Å². The third-order valence-corrected chi connectivity index (χ3v) is 5.79. The van der Waals surface area contributed by atoms with Crippen molar-refractivity contribution in [3.8, 4) is 0 Å². The number of aliphatic imine (C=N–C) groups is 1. The molecule has 5 heteroatoms. The highest BCUT2D eigenvalue weighted by molar-refractivity contribution is 5.79. The second-order valence-electron chi connectivity index (χ2n) is 8.03. The number of rotatable bonds is 7. The zero-order valence-electron chi connectivity index (χ0n) is 17.3. The van der Waals surface area contributed by atoms with Crippen molar-refractivity contribution in [3.05, 3.63) is 47.0 Å². The van der Waals surface area contributed by atoms with E-state index in [0.717, 1.165) is 57.9 Å². The Kier molecular flexibility index (Phi) is 8.37. The fourth-order valence-corrected chi connectivity index (χ4v) is 3.98. The van der Waals surface area contributed by atoms with Gasteiger partial charge in [-0.25, -0.2) is 0 Å². The predicted octanol–water partition coefficient (Wildman–Crippen LogP) is 3.20. The smallest absolute Gasteiger partial charge is 0.191 e. The van der Waals surface area contributed by atoms with Crippen LogP contribution in [0.5, 0.6) is 0 Å². The molecule has 28 heavy (non-hydrogen) atoms. The van der Waals surface area contributed by atoms with Crippen molar-refractivity contribution in [1.82, 2.24) is 15.5 Å². The number of hydrogen-bond acceptors (Lipinski definition) is 3. The average Bonchev–Trinajstić information content (AvgIpc) is 2.74. The van der Waals surface area contributed by atoms with Crippen LogP contribution >= 0.6 is 0 Å². The molecule has 0 saturated carbocycles. The summed E-state index contributed by atoms with van der Waals surface area (Å²) in [7, 11) is 1.83. The number of piperidine rings is 1. The third-order valence-electron chi connectivity index (χ3n) is 5.79. The number of benzene rings is 1. The van der Waals surface area contributed by atoms with E-state index in [-0.39, 0.29) is 6.10 Å². The highest BCUT2D eigenvalue weighted by Gasteiger charge is 2.16. The van der Waals surface area contributed by atoms with E-state index >= 15 is 0 Å². The number of aliphatic hydroxyl groups excluding tert-OH is 1. The topological polar surface area (TPSA) is 59.9 Å². The Morgan fingerprint density at radius 1 is 1.11 bits per heavy atom. The van der Waals surface area contributed by atoms with E-state index in [4.69, 9.17) is 0 Å². The van der Waals surface area contributed by atoms with E-state index in [1.807, 2.05) is 7.05 Å². The van der Waals surface area contributed by atoms with Crippen LogP contribution in [0, 0.1) is 0 Å². The monoisotopic (exact) mass is 384 g/mol. The lowest BCUT2D eigenvalue weighted by Crippen LogP contribution is -2.37. The van der Waals surface area contributed by atoms with Gasteiger partial charge in [0.2, 0.25) is 0 Å². The van der Waals surface area contributed by atoms with E-state index in [1.54, 1.807) is 5.57 Å². The van der Waals surface area contributed by atoms with Crippen molar-refractivity contribution >= 4 is 5.96 Å². The van der Waals surface area contributed by atoms with E-state index in [0.29, 0.717) is 0 Å². The van der Waals surface area contributed by atoms with Crippen molar-refractivity contribution in [2.24, 2.45) is 4.99 Å². The first-order valence-corrected chi connectivity index (χ1v) is 10.8. The normalized spacial score (nSPS) is 19.4. The largest absolute Gasteiger partial charge is 0.393 e. The summed E-state index contributed by atoms with van der Waals surface area (Å²) in [6.45, 7) is 4.67. The van der Waals surface area contributed by atoms with Gasteiger partial charge in [0.15, 0.2) is 5.96 Å². The summed E-state index contributed by atoms with van der Waals surface area (Å²) in [4.78, 5) is 6.76.